The van der Waals surface area contributed by atoms with Crippen molar-refractivity contribution in [3.05, 3.63) is 71.7 Å². The van der Waals surface area contributed by atoms with Crippen LogP contribution < -0.4 is 14.8 Å². The number of aliphatic hydroxyl groups is 3. The molecule has 4 N–H and O–H groups in total. The Hall–Kier alpha value is -3.60. The van der Waals surface area contributed by atoms with Crippen molar-refractivity contribution in [1.82, 2.24) is 10.2 Å². The highest BCUT2D eigenvalue weighted by molar-refractivity contribution is 5.96. The number of ether oxygens (including phenoxy) is 2. The van der Waals surface area contributed by atoms with Gasteiger partial charge in [-0.2, -0.15) is 0 Å². The summed E-state index contributed by atoms with van der Waals surface area (Å²) in [5, 5.41) is 33.3. The van der Waals surface area contributed by atoms with Crippen molar-refractivity contribution in [1.29, 1.82) is 0 Å². The van der Waals surface area contributed by atoms with Gasteiger partial charge >= 0.3 is 0 Å². The van der Waals surface area contributed by atoms with Gasteiger partial charge in [-0.25, -0.2) is 0 Å². The number of methoxy groups -OCH3 is 1. The van der Waals surface area contributed by atoms with Crippen LogP contribution in [0, 0.1) is 0 Å². The smallest absolute Gasteiger partial charge is 0.247 e. The number of rotatable bonds is 11. The van der Waals surface area contributed by atoms with E-state index in [2.05, 4.69) is 11.9 Å². The SMILES string of the molecule is C=CCCC(=O)N(Cc1ccoc1)C1C=C(C(=O)NCCO)C2c3cc(CO)cc(OC)c3OC2C1O. The van der Waals surface area contributed by atoms with Crippen LogP contribution in [0.4, 0.5) is 0 Å². The van der Waals surface area contributed by atoms with E-state index in [9.17, 15) is 24.9 Å². The van der Waals surface area contributed by atoms with E-state index in [0.29, 0.717) is 34.6 Å². The first-order chi connectivity index (χ1) is 17.9. The van der Waals surface area contributed by atoms with E-state index in [1.165, 1.54) is 24.5 Å². The number of allylic oxidation sites excluding steroid dienone is 1. The van der Waals surface area contributed by atoms with Crippen molar-refractivity contribution >= 4 is 11.8 Å². The zero-order chi connectivity index (χ0) is 26.5. The van der Waals surface area contributed by atoms with E-state index in [4.69, 9.17) is 13.9 Å². The number of nitrogens with zero attached hydrogens (tertiary/aromatic N) is 1. The van der Waals surface area contributed by atoms with Gasteiger partial charge < -0.3 is 39.4 Å². The lowest BCUT2D eigenvalue weighted by molar-refractivity contribution is -0.138. The lowest BCUT2D eigenvalue weighted by Crippen LogP contribution is -2.55. The van der Waals surface area contributed by atoms with Crippen LogP contribution in [0.2, 0.25) is 0 Å². The molecular weight excluding hydrogens is 480 g/mol. The van der Waals surface area contributed by atoms with Gasteiger partial charge in [-0.05, 0) is 36.3 Å². The lowest BCUT2D eigenvalue weighted by Gasteiger charge is -2.40. The van der Waals surface area contributed by atoms with Crippen LogP contribution in [0.3, 0.4) is 0 Å². The number of amides is 2. The number of nitrogens with one attached hydrogen (secondary N) is 1. The average molecular weight is 513 g/mol. The minimum atomic E-state index is -1.19. The minimum Gasteiger partial charge on any atom is -0.493 e. The van der Waals surface area contributed by atoms with Gasteiger partial charge in [-0.1, -0.05) is 6.08 Å². The van der Waals surface area contributed by atoms with E-state index in [-0.39, 0.29) is 38.6 Å². The monoisotopic (exact) mass is 512 g/mol. The van der Waals surface area contributed by atoms with Gasteiger partial charge in [0, 0.05) is 36.2 Å². The van der Waals surface area contributed by atoms with Gasteiger partial charge in [0.1, 0.15) is 12.2 Å². The van der Waals surface area contributed by atoms with Crippen molar-refractivity contribution < 1.29 is 38.8 Å². The van der Waals surface area contributed by atoms with Crippen LogP contribution in [-0.4, -0.2) is 70.5 Å². The number of aliphatic hydroxyl groups excluding tert-OH is 3. The Labute approximate surface area is 214 Å². The van der Waals surface area contributed by atoms with E-state index in [0.717, 1.165) is 5.56 Å². The predicted molar refractivity (Wildman–Crippen MR) is 133 cm³/mol. The van der Waals surface area contributed by atoms with Crippen molar-refractivity contribution in [2.75, 3.05) is 20.3 Å². The topological polar surface area (TPSA) is 142 Å². The van der Waals surface area contributed by atoms with Crippen molar-refractivity contribution in [3.8, 4) is 11.5 Å². The lowest BCUT2D eigenvalue weighted by atomic mass is 9.77. The molecule has 2 aromatic rings. The third-order valence-electron chi connectivity index (χ3n) is 6.67. The Bertz CT molecular complexity index is 1160. The fraction of sp³-hybridized carbons (Fsp3) is 0.407. The van der Waals surface area contributed by atoms with Crippen molar-refractivity contribution in [2.45, 2.75) is 50.2 Å². The zero-order valence-corrected chi connectivity index (χ0v) is 20.6. The second-order valence-electron chi connectivity index (χ2n) is 9.00. The second kappa shape index (κ2) is 11.6. The Morgan fingerprint density at radius 1 is 1.27 bits per heavy atom. The molecule has 4 atom stereocenters. The quantitative estimate of drug-likeness (QED) is 0.331. The summed E-state index contributed by atoms with van der Waals surface area (Å²) in [7, 11) is 1.47. The van der Waals surface area contributed by atoms with Crippen LogP contribution in [-0.2, 0) is 22.7 Å². The van der Waals surface area contributed by atoms with Crippen LogP contribution in [0.25, 0.3) is 0 Å². The molecule has 1 aliphatic carbocycles. The minimum absolute atomic E-state index is 0.0332. The van der Waals surface area contributed by atoms with E-state index >= 15 is 0 Å². The molecule has 4 rings (SSSR count). The zero-order valence-electron chi connectivity index (χ0n) is 20.6. The first-order valence-electron chi connectivity index (χ1n) is 12.1. The molecule has 37 heavy (non-hydrogen) atoms. The molecule has 0 saturated heterocycles. The third-order valence-corrected chi connectivity index (χ3v) is 6.67. The fourth-order valence-corrected chi connectivity index (χ4v) is 4.93. The highest BCUT2D eigenvalue weighted by Gasteiger charge is 2.51. The maximum atomic E-state index is 13.3. The summed E-state index contributed by atoms with van der Waals surface area (Å²) < 4.78 is 16.9. The number of hydrogen-bond acceptors (Lipinski definition) is 8. The molecule has 1 aliphatic heterocycles. The summed E-state index contributed by atoms with van der Waals surface area (Å²) in [6.07, 6.45) is 4.80. The predicted octanol–water partition coefficient (Wildman–Crippen LogP) is 1.40. The maximum absolute atomic E-state index is 13.3. The van der Waals surface area contributed by atoms with Gasteiger partial charge in [0.05, 0.1) is 44.8 Å². The van der Waals surface area contributed by atoms with E-state index < -0.39 is 30.1 Å². The number of carbonyl (C=O) groups excluding carboxylic acids is 2. The van der Waals surface area contributed by atoms with Crippen molar-refractivity contribution in [3.63, 3.8) is 0 Å². The number of fused-ring (bicyclic) bond motifs is 3. The maximum Gasteiger partial charge on any atom is 0.247 e. The molecule has 0 bridgehead atoms. The van der Waals surface area contributed by atoms with E-state index in [1.807, 2.05) is 0 Å². The number of benzene rings is 1. The molecule has 2 amide bonds. The molecular formula is C27H32N2O8. The highest BCUT2D eigenvalue weighted by Crippen LogP contribution is 2.51. The molecule has 0 saturated carbocycles. The Morgan fingerprint density at radius 3 is 2.73 bits per heavy atom. The Morgan fingerprint density at radius 2 is 2.08 bits per heavy atom. The van der Waals surface area contributed by atoms with E-state index in [1.54, 1.807) is 30.4 Å². The molecule has 2 aliphatic rings. The molecule has 198 valence electrons. The average Bonchev–Trinajstić information content (AvgIpc) is 3.57. The molecule has 0 spiro atoms. The standard InChI is InChI=1S/C27H32N2O8/c1-3-4-5-22(32)29(13-16-6-9-36-15-16)20-12-19(27(34)28-7-8-30)23-18-10-17(14-31)11-21(35-2)25(18)37-26(23)24(20)33/h3,6,9-12,15,20,23-24,26,30-31,33H,1,4-5,7-8,13-14H2,2H3,(H,28,34). The first kappa shape index (κ1) is 26.5. The molecule has 0 fully saturated rings. The Balaban J connectivity index is 1.80. The summed E-state index contributed by atoms with van der Waals surface area (Å²) in [6.45, 7) is 3.37. The first-order valence-corrected chi connectivity index (χ1v) is 12.1. The highest BCUT2D eigenvalue weighted by atomic mass is 16.5. The molecule has 1 aromatic heterocycles. The van der Waals surface area contributed by atoms with Gasteiger partial charge in [-0.3, -0.25) is 9.59 Å². The second-order valence-corrected chi connectivity index (χ2v) is 9.00. The molecule has 10 nitrogen and oxygen atoms in total. The summed E-state index contributed by atoms with van der Waals surface area (Å²) in [5.74, 6) is -0.626. The molecule has 4 unspecified atom stereocenters. The summed E-state index contributed by atoms with van der Waals surface area (Å²) >= 11 is 0. The van der Waals surface area contributed by atoms with Crippen LogP contribution in [0.5, 0.6) is 11.5 Å². The van der Waals surface area contributed by atoms with Gasteiger partial charge in [0.2, 0.25) is 11.8 Å². The van der Waals surface area contributed by atoms with Crippen LogP contribution in [0.1, 0.15) is 35.4 Å². The molecule has 10 heteroatoms. The van der Waals surface area contributed by atoms with Gasteiger partial charge in [0.15, 0.2) is 11.5 Å². The summed E-state index contributed by atoms with van der Waals surface area (Å²) in [4.78, 5) is 28.1. The number of hydrogen-bond donors (Lipinski definition) is 4. The molecule has 0 radical (unpaired) electrons. The normalized spacial score (nSPS) is 21.8. The van der Waals surface area contributed by atoms with Gasteiger partial charge in [-0.15, -0.1) is 6.58 Å². The molecule has 2 heterocycles. The number of furan rings is 1. The largest absolute Gasteiger partial charge is 0.493 e. The van der Waals surface area contributed by atoms with Crippen molar-refractivity contribution in [2.24, 2.45) is 0 Å². The number of carbonyl (C=O) groups is 2. The van der Waals surface area contributed by atoms with Gasteiger partial charge in [0.25, 0.3) is 0 Å². The Kier molecular flexibility index (Phi) is 8.32. The third kappa shape index (κ3) is 5.27. The summed E-state index contributed by atoms with van der Waals surface area (Å²) in [5.41, 5.74) is 2.17. The van der Waals surface area contributed by atoms with Crippen LogP contribution in [0.15, 0.2) is 59.4 Å². The fourth-order valence-electron chi connectivity index (χ4n) is 4.93. The molecule has 1 aromatic carbocycles. The van der Waals surface area contributed by atoms with Crippen LogP contribution >= 0.6 is 0 Å². The summed E-state index contributed by atoms with van der Waals surface area (Å²) in [6, 6.07) is 4.20.